The molecule has 5 nitrogen and oxygen atoms in total. The number of hydrogen-bond acceptors (Lipinski definition) is 4. The Hall–Kier alpha value is -0.810. The Kier molecular flexibility index (Phi) is 8.04. The van der Waals surface area contributed by atoms with Gasteiger partial charge in [0.2, 0.25) is 0 Å². The Morgan fingerprint density at radius 1 is 1.29 bits per heavy atom. The molecule has 1 saturated heterocycles. The third kappa shape index (κ3) is 8.94. The molecule has 0 spiro atoms. The maximum absolute atomic E-state index is 11.5. The number of nitrogens with one attached hydrogen (secondary N) is 1. The summed E-state index contributed by atoms with van der Waals surface area (Å²) in [7, 11) is 0. The van der Waals surface area contributed by atoms with E-state index in [1.165, 1.54) is 12.8 Å². The summed E-state index contributed by atoms with van der Waals surface area (Å²) in [6.07, 6.45) is 3.15. The number of amides is 1. The average molecular weight is 300 g/mol. The molecule has 0 radical (unpaired) electrons. The van der Waals surface area contributed by atoms with Crippen molar-refractivity contribution in [2.75, 3.05) is 39.4 Å². The minimum absolute atomic E-state index is 0.309. The van der Waals surface area contributed by atoms with Crippen molar-refractivity contribution in [2.24, 2.45) is 5.92 Å². The van der Waals surface area contributed by atoms with E-state index in [1.54, 1.807) is 0 Å². The number of likely N-dealkylation sites (tertiary alicyclic amines) is 1. The molecule has 1 aliphatic heterocycles. The number of piperidine rings is 1. The fraction of sp³-hybridized carbons (Fsp3) is 0.938. The van der Waals surface area contributed by atoms with Gasteiger partial charge in [-0.25, -0.2) is 4.79 Å². The van der Waals surface area contributed by atoms with Crippen LogP contribution in [0.25, 0.3) is 0 Å². The molecule has 0 aromatic carbocycles. The summed E-state index contributed by atoms with van der Waals surface area (Å²) < 4.78 is 10.6. The first-order valence-electron chi connectivity index (χ1n) is 8.17. The zero-order valence-electron chi connectivity index (χ0n) is 14.1. The van der Waals surface area contributed by atoms with E-state index in [2.05, 4.69) is 10.2 Å². The van der Waals surface area contributed by atoms with E-state index in [1.807, 2.05) is 27.7 Å². The SMILES string of the molecule is CCOCCN1CCC(CCNC(=O)OC(C)(C)C)CC1. The van der Waals surface area contributed by atoms with Crippen LogP contribution in [0.3, 0.4) is 0 Å². The van der Waals surface area contributed by atoms with E-state index in [9.17, 15) is 4.79 Å². The maximum atomic E-state index is 11.5. The molecule has 5 heteroatoms. The van der Waals surface area contributed by atoms with Crippen LogP contribution >= 0.6 is 0 Å². The number of ether oxygens (including phenoxy) is 2. The molecular weight excluding hydrogens is 268 g/mol. The predicted octanol–water partition coefficient (Wildman–Crippen LogP) is 2.65. The molecule has 1 fully saturated rings. The molecule has 124 valence electrons. The van der Waals surface area contributed by atoms with Gasteiger partial charge < -0.3 is 19.7 Å². The third-order valence-corrected chi connectivity index (χ3v) is 3.68. The molecular formula is C16H32N2O3. The van der Waals surface area contributed by atoms with Gasteiger partial charge in [-0.2, -0.15) is 0 Å². The lowest BCUT2D eigenvalue weighted by Gasteiger charge is -2.31. The van der Waals surface area contributed by atoms with Crippen LogP contribution in [0, 0.1) is 5.92 Å². The summed E-state index contributed by atoms with van der Waals surface area (Å²) in [4.78, 5) is 14.0. The Bertz CT molecular complexity index is 294. The van der Waals surface area contributed by atoms with Gasteiger partial charge in [-0.05, 0) is 66.0 Å². The summed E-state index contributed by atoms with van der Waals surface area (Å²) in [6, 6.07) is 0. The lowest BCUT2D eigenvalue weighted by Crippen LogP contribution is -2.37. The van der Waals surface area contributed by atoms with E-state index in [0.29, 0.717) is 12.5 Å². The van der Waals surface area contributed by atoms with Crippen molar-refractivity contribution in [1.29, 1.82) is 0 Å². The highest BCUT2D eigenvalue weighted by atomic mass is 16.6. The van der Waals surface area contributed by atoms with Crippen molar-refractivity contribution in [3.63, 3.8) is 0 Å². The fourth-order valence-corrected chi connectivity index (χ4v) is 2.53. The number of carbonyl (C=O) groups excluding carboxylic acids is 1. The molecule has 1 rings (SSSR count). The highest BCUT2D eigenvalue weighted by molar-refractivity contribution is 5.67. The summed E-state index contributed by atoms with van der Waals surface area (Å²) in [6.45, 7) is 13.3. The van der Waals surface area contributed by atoms with Gasteiger partial charge in [0.15, 0.2) is 0 Å². The van der Waals surface area contributed by atoms with Crippen molar-refractivity contribution in [3.05, 3.63) is 0 Å². The first-order valence-corrected chi connectivity index (χ1v) is 8.17. The van der Waals surface area contributed by atoms with Crippen LogP contribution in [0.4, 0.5) is 4.79 Å². The molecule has 1 amide bonds. The molecule has 1 aliphatic rings. The van der Waals surface area contributed by atoms with Gasteiger partial charge >= 0.3 is 6.09 Å². The number of hydrogen-bond donors (Lipinski definition) is 1. The molecule has 0 aromatic heterocycles. The van der Waals surface area contributed by atoms with Crippen LogP contribution in [0.2, 0.25) is 0 Å². The summed E-state index contributed by atoms with van der Waals surface area (Å²) in [5, 5.41) is 2.84. The van der Waals surface area contributed by atoms with Gasteiger partial charge in [0.1, 0.15) is 5.60 Å². The van der Waals surface area contributed by atoms with Crippen LogP contribution < -0.4 is 5.32 Å². The van der Waals surface area contributed by atoms with E-state index >= 15 is 0 Å². The van der Waals surface area contributed by atoms with Crippen LogP contribution in [0.5, 0.6) is 0 Å². The summed E-state index contributed by atoms with van der Waals surface area (Å²) >= 11 is 0. The smallest absolute Gasteiger partial charge is 0.407 e. The molecule has 0 aliphatic carbocycles. The maximum Gasteiger partial charge on any atom is 0.407 e. The minimum Gasteiger partial charge on any atom is -0.444 e. The molecule has 0 unspecified atom stereocenters. The predicted molar refractivity (Wildman–Crippen MR) is 84.5 cm³/mol. The second-order valence-electron chi connectivity index (χ2n) is 6.70. The molecule has 0 saturated carbocycles. The van der Waals surface area contributed by atoms with Gasteiger partial charge in [-0.1, -0.05) is 0 Å². The molecule has 0 aromatic rings. The zero-order valence-corrected chi connectivity index (χ0v) is 14.1. The van der Waals surface area contributed by atoms with E-state index < -0.39 is 5.60 Å². The van der Waals surface area contributed by atoms with Crippen molar-refractivity contribution in [1.82, 2.24) is 10.2 Å². The Morgan fingerprint density at radius 2 is 1.95 bits per heavy atom. The highest BCUT2D eigenvalue weighted by Crippen LogP contribution is 2.19. The van der Waals surface area contributed by atoms with E-state index in [-0.39, 0.29) is 6.09 Å². The van der Waals surface area contributed by atoms with Crippen molar-refractivity contribution < 1.29 is 14.3 Å². The van der Waals surface area contributed by atoms with E-state index in [4.69, 9.17) is 9.47 Å². The lowest BCUT2D eigenvalue weighted by atomic mass is 9.93. The van der Waals surface area contributed by atoms with Gasteiger partial charge in [-0.15, -0.1) is 0 Å². The van der Waals surface area contributed by atoms with Crippen LogP contribution in [0.1, 0.15) is 47.0 Å². The van der Waals surface area contributed by atoms with Crippen LogP contribution in [-0.4, -0.2) is 56.0 Å². The molecule has 1 N–H and O–H groups in total. The molecule has 0 bridgehead atoms. The quantitative estimate of drug-likeness (QED) is 0.734. The van der Waals surface area contributed by atoms with Crippen molar-refractivity contribution >= 4 is 6.09 Å². The lowest BCUT2D eigenvalue weighted by molar-refractivity contribution is 0.0520. The fourth-order valence-electron chi connectivity index (χ4n) is 2.53. The molecule has 21 heavy (non-hydrogen) atoms. The Morgan fingerprint density at radius 3 is 2.52 bits per heavy atom. The Balaban J connectivity index is 2.06. The minimum atomic E-state index is -0.421. The number of rotatable bonds is 7. The van der Waals surface area contributed by atoms with Crippen LogP contribution in [0.15, 0.2) is 0 Å². The standard InChI is InChI=1S/C16H32N2O3/c1-5-20-13-12-18-10-7-14(8-11-18)6-9-17-15(19)21-16(2,3)4/h14H,5-13H2,1-4H3,(H,17,19). The number of carbonyl (C=O) groups is 1. The molecule has 1 heterocycles. The van der Waals surface area contributed by atoms with Crippen LogP contribution in [-0.2, 0) is 9.47 Å². The first-order chi connectivity index (χ1) is 9.90. The summed E-state index contributed by atoms with van der Waals surface area (Å²) in [5.74, 6) is 0.711. The topological polar surface area (TPSA) is 50.8 Å². The third-order valence-electron chi connectivity index (χ3n) is 3.68. The van der Waals surface area contributed by atoms with Crippen molar-refractivity contribution in [3.8, 4) is 0 Å². The first kappa shape index (κ1) is 18.2. The second-order valence-corrected chi connectivity index (χ2v) is 6.70. The Labute approximate surface area is 129 Å². The van der Waals surface area contributed by atoms with Crippen molar-refractivity contribution in [2.45, 2.75) is 52.6 Å². The van der Waals surface area contributed by atoms with Gasteiger partial charge in [0.25, 0.3) is 0 Å². The van der Waals surface area contributed by atoms with Gasteiger partial charge in [0.05, 0.1) is 6.61 Å². The highest BCUT2D eigenvalue weighted by Gasteiger charge is 2.20. The second kappa shape index (κ2) is 9.26. The largest absolute Gasteiger partial charge is 0.444 e. The molecule has 0 atom stereocenters. The summed E-state index contributed by atoms with van der Waals surface area (Å²) in [5.41, 5.74) is -0.421. The van der Waals surface area contributed by atoms with Gasteiger partial charge in [0, 0.05) is 19.7 Å². The average Bonchev–Trinajstić information content (AvgIpc) is 2.39. The zero-order chi connectivity index (χ0) is 15.7. The van der Waals surface area contributed by atoms with E-state index in [0.717, 1.165) is 39.3 Å². The monoisotopic (exact) mass is 300 g/mol. The number of nitrogens with zero attached hydrogens (tertiary/aromatic N) is 1. The van der Waals surface area contributed by atoms with Gasteiger partial charge in [-0.3, -0.25) is 0 Å². The number of alkyl carbamates (subject to hydrolysis) is 1. The normalized spacial score (nSPS) is 17.7.